The van der Waals surface area contributed by atoms with E-state index < -0.39 is 0 Å². The van der Waals surface area contributed by atoms with E-state index in [4.69, 9.17) is 9.72 Å². The second-order valence-electron chi connectivity index (χ2n) is 5.96. The SMILES string of the molecule is COc1ccc(-c2nc(CN3CC(C)NCC3C)cs2)cc1. The van der Waals surface area contributed by atoms with Crippen LogP contribution in [0.5, 0.6) is 5.75 Å². The van der Waals surface area contributed by atoms with Crippen LogP contribution >= 0.6 is 11.3 Å². The van der Waals surface area contributed by atoms with Crippen molar-refractivity contribution in [2.24, 2.45) is 0 Å². The van der Waals surface area contributed by atoms with Gasteiger partial charge >= 0.3 is 0 Å². The van der Waals surface area contributed by atoms with Crippen molar-refractivity contribution >= 4 is 11.3 Å². The summed E-state index contributed by atoms with van der Waals surface area (Å²) in [5.41, 5.74) is 2.32. The molecular weight excluding hydrogens is 294 g/mol. The van der Waals surface area contributed by atoms with Crippen molar-refractivity contribution in [1.82, 2.24) is 15.2 Å². The number of hydrogen-bond acceptors (Lipinski definition) is 5. The summed E-state index contributed by atoms with van der Waals surface area (Å²) in [4.78, 5) is 7.31. The molecule has 2 heterocycles. The highest BCUT2D eigenvalue weighted by Crippen LogP contribution is 2.26. The third-order valence-corrected chi connectivity index (χ3v) is 5.09. The molecule has 0 aliphatic carbocycles. The number of rotatable bonds is 4. The van der Waals surface area contributed by atoms with Gasteiger partial charge in [-0.1, -0.05) is 0 Å². The number of aromatic nitrogens is 1. The van der Waals surface area contributed by atoms with Crippen LogP contribution in [0.4, 0.5) is 0 Å². The van der Waals surface area contributed by atoms with Crippen LogP contribution in [-0.2, 0) is 6.54 Å². The Labute approximate surface area is 136 Å². The van der Waals surface area contributed by atoms with Crippen LogP contribution in [0.25, 0.3) is 10.6 Å². The minimum atomic E-state index is 0.552. The molecule has 0 amide bonds. The summed E-state index contributed by atoms with van der Waals surface area (Å²) in [6.45, 7) is 7.57. The van der Waals surface area contributed by atoms with Crippen molar-refractivity contribution in [3.05, 3.63) is 35.3 Å². The van der Waals surface area contributed by atoms with E-state index in [0.29, 0.717) is 12.1 Å². The maximum absolute atomic E-state index is 5.20. The summed E-state index contributed by atoms with van der Waals surface area (Å²) in [6.07, 6.45) is 0. The van der Waals surface area contributed by atoms with Crippen LogP contribution in [0.2, 0.25) is 0 Å². The highest BCUT2D eigenvalue weighted by molar-refractivity contribution is 7.13. The zero-order valence-corrected chi connectivity index (χ0v) is 14.2. The average molecular weight is 317 g/mol. The molecule has 0 spiro atoms. The molecule has 1 aromatic heterocycles. The second-order valence-corrected chi connectivity index (χ2v) is 6.82. The van der Waals surface area contributed by atoms with E-state index in [9.17, 15) is 0 Å². The largest absolute Gasteiger partial charge is 0.497 e. The maximum atomic E-state index is 5.20. The van der Waals surface area contributed by atoms with E-state index in [0.717, 1.165) is 41.6 Å². The molecule has 0 bridgehead atoms. The van der Waals surface area contributed by atoms with Crippen LogP contribution < -0.4 is 10.1 Å². The summed E-state index contributed by atoms with van der Waals surface area (Å²) >= 11 is 1.71. The zero-order chi connectivity index (χ0) is 15.5. The van der Waals surface area contributed by atoms with Gasteiger partial charge in [0.05, 0.1) is 12.8 Å². The van der Waals surface area contributed by atoms with Crippen molar-refractivity contribution in [3.63, 3.8) is 0 Å². The van der Waals surface area contributed by atoms with Gasteiger partial charge in [-0.25, -0.2) is 4.98 Å². The van der Waals surface area contributed by atoms with Crippen LogP contribution in [0, 0.1) is 0 Å². The number of nitrogens with one attached hydrogen (secondary N) is 1. The lowest BCUT2D eigenvalue weighted by molar-refractivity contribution is 0.137. The zero-order valence-electron chi connectivity index (χ0n) is 13.4. The minimum Gasteiger partial charge on any atom is -0.497 e. The van der Waals surface area contributed by atoms with Gasteiger partial charge in [0.2, 0.25) is 0 Å². The van der Waals surface area contributed by atoms with Gasteiger partial charge in [0.25, 0.3) is 0 Å². The molecule has 1 aromatic carbocycles. The van der Waals surface area contributed by atoms with Gasteiger partial charge in [-0.15, -0.1) is 11.3 Å². The molecule has 1 N–H and O–H groups in total. The minimum absolute atomic E-state index is 0.552. The normalized spacial score (nSPS) is 22.7. The van der Waals surface area contributed by atoms with Crippen molar-refractivity contribution in [3.8, 4) is 16.3 Å². The summed E-state index contributed by atoms with van der Waals surface area (Å²) in [6, 6.07) is 9.21. The molecular formula is C17H23N3OS. The van der Waals surface area contributed by atoms with E-state index in [-0.39, 0.29) is 0 Å². The van der Waals surface area contributed by atoms with E-state index in [1.807, 2.05) is 12.1 Å². The molecule has 1 aliphatic rings. The number of methoxy groups -OCH3 is 1. The van der Waals surface area contributed by atoms with Gasteiger partial charge in [0, 0.05) is 42.7 Å². The Kier molecular flexibility index (Phi) is 4.76. The number of hydrogen-bond donors (Lipinski definition) is 1. The molecule has 1 aliphatic heterocycles. The van der Waals surface area contributed by atoms with Gasteiger partial charge in [-0.3, -0.25) is 4.90 Å². The van der Waals surface area contributed by atoms with Crippen molar-refractivity contribution in [2.75, 3.05) is 20.2 Å². The highest BCUT2D eigenvalue weighted by atomic mass is 32.1. The molecule has 2 unspecified atom stereocenters. The molecule has 4 nitrogen and oxygen atoms in total. The Morgan fingerprint density at radius 1 is 1.32 bits per heavy atom. The van der Waals surface area contributed by atoms with E-state index >= 15 is 0 Å². The molecule has 0 saturated carbocycles. The average Bonchev–Trinajstić information content (AvgIpc) is 2.99. The highest BCUT2D eigenvalue weighted by Gasteiger charge is 2.23. The van der Waals surface area contributed by atoms with Crippen molar-refractivity contribution in [1.29, 1.82) is 0 Å². The topological polar surface area (TPSA) is 37.4 Å². The molecule has 1 saturated heterocycles. The molecule has 0 radical (unpaired) electrons. The van der Waals surface area contributed by atoms with Gasteiger partial charge in [0.1, 0.15) is 10.8 Å². The summed E-state index contributed by atoms with van der Waals surface area (Å²) in [5.74, 6) is 0.879. The maximum Gasteiger partial charge on any atom is 0.123 e. The first-order valence-electron chi connectivity index (χ1n) is 7.72. The molecule has 118 valence electrons. The van der Waals surface area contributed by atoms with Crippen LogP contribution in [0.15, 0.2) is 29.6 Å². The monoisotopic (exact) mass is 317 g/mol. The summed E-state index contributed by atoms with van der Waals surface area (Å²) in [5, 5.41) is 6.77. The predicted molar refractivity (Wildman–Crippen MR) is 91.4 cm³/mol. The van der Waals surface area contributed by atoms with Crippen LogP contribution in [-0.4, -0.2) is 42.2 Å². The van der Waals surface area contributed by atoms with Gasteiger partial charge < -0.3 is 10.1 Å². The molecule has 2 aromatic rings. The lowest BCUT2D eigenvalue weighted by atomic mass is 10.1. The third kappa shape index (κ3) is 3.48. The summed E-state index contributed by atoms with van der Waals surface area (Å²) in [7, 11) is 1.69. The predicted octanol–water partition coefficient (Wildman–Crippen LogP) is 3.00. The summed E-state index contributed by atoms with van der Waals surface area (Å²) < 4.78 is 5.20. The van der Waals surface area contributed by atoms with E-state index in [1.54, 1.807) is 18.4 Å². The van der Waals surface area contributed by atoms with E-state index in [1.165, 1.54) is 0 Å². The molecule has 2 atom stereocenters. The Hall–Kier alpha value is -1.43. The van der Waals surface area contributed by atoms with Crippen LogP contribution in [0.3, 0.4) is 0 Å². The van der Waals surface area contributed by atoms with Crippen molar-refractivity contribution in [2.45, 2.75) is 32.5 Å². The lowest BCUT2D eigenvalue weighted by Gasteiger charge is -2.37. The lowest BCUT2D eigenvalue weighted by Crippen LogP contribution is -2.53. The Morgan fingerprint density at radius 3 is 2.82 bits per heavy atom. The Morgan fingerprint density at radius 2 is 2.09 bits per heavy atom. The van der Waals surface area contributed by atoms with E-state index in [2.05, 4.69) is 41.6 Å². The quantitative estimate of drug-likeness (QED) is 0.940. The standard InChI is InChI=1S/C17H23N3OS/c1-12-9-20(13(2)8-18-12)10-15-11-22-17(19-15)14-4-6-16(21-3)7-5-14/h4-7,11-13,18H,8-10H2,1-3H3. The smallest absolute Gasteiger partial charge is 0.123 e. The first kappa shape index (κ1) is 15.5. The number of nitrogens with zero attached hydrogens (tertiary/aromatic N) is 2. The molecule has 3 rings (SSSR count). The Balaban J connectivity index is 1.70. The second kappa shape index (κ2) is 6.77. The molecule has 5 heteroatoms. The number of benzene rings is 1. The fraction of sp³-hybridized carbons (Fsp3) is 0.471. The first-order valence-corrected chi connectivity index (χ1v) is 8.60. The number of thiazole rings is 1. The van der Waals surface area contributed by atoms with Gasteiger partial charge in [-0.05, 0) is 38.1 Å². The van der Waals surface area contributed by atoms with Gasteiger partial charge in [0.15, 0.2) is 0 Å². The van der Waals surface area contributed by atoms with Crippen molar-refractivity contribution < 1.29 is 4.74 Å². The van der Waals surface area contributed by atoms with Crippen LogP contribution in [0.1, 0.15) is 19.5 Å². The number of ether oxygens (including phenoxy) is 1. The fourth-order valence-corrected chi connectivity index (χ4v) is 3.59. The first-order chi connectivity index (χ1) is 10.7. The molecule has 1 fully saturated rings. The number of piperazine rings is 1. The third-order valence-electron chi connectivity index (χ3n) is 4.15. The molecule has 22 heavy (non-hydrogen) atoms. The van der Waals surface area contributed by atoms with Gasteiger partial charge in [-0.2, -0.15) is 0 Å². The fourth-order valence-electron chi connectivity index (χ4n) is 2.77. The Bertz CT molecular complexity index is 611.